The summed E-state index contributed by atoms with van der Waals surface area (Å²) in [6.07, 6.45) is 4.11. The predicted octanol–water partition coefficient (Wildman–Crippen LogP) is 3.87. The van der Waals surface area contributed by atoms with Gasteiger partial charge in [-0.25, -0.2) is 0 Å². The van der Waals surface area contributed by atoms with Crippen molar-refractivity contribution in [2.75, 3.05) is 10.7 Å². The predicted molar refractivity (Wildman–Crippen MR) is 77.4 cm³/mol. The molecule has 16 heavy (non-hydrogen) atoms. The third-order valence-corrected chi connectivity index (χ3v) is 5.14. The quantitative estimate of drug-likeness (QED) is 0.657. The van der Waals surface area contributed by atoms with Gasteiger partial charge in [-0.2, -0.15) is 0 Å². The summed E-state index contributed by atoms with van der Waals surface area (Å²) in [6.45, 7) is 6.30. The summed E-state index contributed by atoms with van der Waals surface area (Å²) in [4.78, 5) is 12.1. The van der Waals surface area contributed by atoms with E-state index in [9.17, 15) is 4.79 Å². The van der Waals surface area contributed by atoms with Crippen molar-refractivity contribution in [2.24, 2.45) is 5.92 Å². The molecule has 0 rings (SSSR count). The van der Waals surface area contributed by atoms with E-state index in [4.69, 9.17) is 0 Å². The molecule has 0 aromatic carbocycles. The van der Waals surface area contributed by atoms with Crippen LogP contribution in [0.3, 0.4) is 0 Å². The summed E-state index contributed by atoms with van der Waals surface area (Å²) in [7, 11) is 0. The van der Waals surface area contributed by atoms with Crippen LogP contribution in [0.4, 0.5) is 0 Å². The molecule has 0 fully saturated rings. The van der Waals surface area contributed by atoms with Gasteiger partial charge in [0.1, 0.15) is 0 Å². The van der Waals surface area contributed by atoms with Gasteiger partial charge in [-0.3, -0.25) is 4.79 Å². The van der Waals surface area contributed by atoms with Crippen molar-refractivity contribution in [3.05, 3.63) is 0 Å². The minimum atomic E-state index is -0.184. The van der Waals surface area contributed by atoms with Crippen molar-refractivity contribution in [2.45, 2.75) is 52.0 Å². The van der Waals surface area contributed by atoms with Gasteiger partial charge in [-0.15, -0.1) is 0 Å². The summed E-state index contributed by atoms with van der Waals surface area (Å²) in [5, 5.41) is 4.66. The lowest BCUT2D eigenvalue weighted by molar-refractivity contribution is -0.126. The van der Waals surface area contributed by atoms with Crippen LogP contribution in [-0.2, 0) is 4.79 Å². The number of hydrogen-bond donors (Lipinski definition) is 1. The zero-order valence-electron chi connectivity index (χ0n) is 10.5. The Morgan fingerprint density at radius 1 is 1.19 bits per heavy atom. The Labute approximate surface area is 116 Å². The number of carbonyl (C=O) groups is 1. The molecule has 0 aromatic heterocycles. The van der Waals surface area contributed by atoms with Gasteiger partial charge >= 0.3 is 0 Å². The van der Waals surface area contributed by atoms with Gasteiger partial charge in [-0.05, 0) is 19.8 Å². The highest BCUT2D eigenvalue weighted by Gasteiger charge is 2.27. The van der Waals surface area contributed by atoms with Crippen LogP contribution in [-0.4, -0.2) is 22.1 Å². The first-order chi connectivity index (χ1) is 7.52. The monoisotopic (exact) mass is 355 g/mol. The Hall–Kier alpha value is 0.430. The van der Waals surface area contributed by atoms with Gasteiger partial charge in [-0.1, -0.05) is 58.5 Å². The normalized spacial score (nSPS) is 11.9. The molecule has 0 aliphatic heterocycles. The molecule has 0 heterocycles. The highest BCUT2D eigenvalue weighted by Crippen LogP contribution is 2.17. The molecule has 4 heteroatoms. The number of alkyl halides is 2. The molecule has 0 aromatic rings. The summed E-state index contributed by atoms with van der Waals surface area (Å²) < 4.78 is 0. The van der Waals surface area contributed by atoms with Crippen LogP contribution in [0.1, 0.15) is 46.5 Å². The Morgan fingerprint density at radius 2 is 1.62 bits per heavy atom. The van der Waals surface area contributed by atoms with Crippen molar-refractivity contribution in [1.82, 2.24) is 5.32 Å². The fraction of sp³-hybridized carbons (Fsp3) is 0.917. The molecule has 0 spiro atoms. The number of rotatable bonds is 8. The lowest BCUT2D eigenvalue weighted by atomic mass is 9.96. The highest BCUT2D eigenvalue weighted by molar-refractivity contribution is 9.09. The Kier molecular flexibility index (Phi) is 8.74. The fourth-order valence-corrected chi connectivity index (χ4v) is 2.81. The molecule has 0 saturated carbocycles. The maximum absolute atomic E-state index is 12.1. The second-order valence-corrected chi connectivity index (χ2v) is 5.71. The summed E-state index contributed by atoms with van der Waals surface area (Å²) in [6, 6.07) is 0. The van der Waals surface area contributed by atoms with E-state index in [1.807, 2.05) is 6.92 Å². The lowest BCUT2D eigenvalue weighted by Crippen LogP contribution is -2.51. The van der Waals surface area contributed by atoms with Crippen LogP contribution in [0.15, 0.2) is 0 Å². The Bertz CT molecular complexity index is 199. The van der Waals surface area contributed by atoms with Crippen LogP contribution < -0.4 is 5.32 Å². The van der Waals surface area contributed by atoms with Gasteiger partial charge in [0.25, 0.3) is 0 Å². The van der Waals surface area contributed by atoms with Crippen molar-refractivity contribution in [3.8, 4) is 0 Å². The van der Waals surface area contributed by atoms with Gasteiger partial charge in [0, 0.05) is 16.6 Å². The van der Waals surface area contributed by atoms with Gasteiger partial charge in [0.15, 0.2) is 0 Å². The molecule has 0 saturated heterocycles. The Morgan fingerprint density at radius 3 is 1.94 bits per heavy atom. The minimum Gasteiger partial charge on any atom is -0.349 e. The van der Waals surface area contributed by atoms with E-state index < -0.39 is 0 Å². The van der Waals surface area contributed by atoms with E-state index in [-0.39, 0.29) is 17.4 Å². The lowest BCUT2D eigenvalue weighted by Gasteiger charge is -2.29. The number of nitrogens with one attached hydrogen (secondary N) is 1. The van der Waals surface area contributed by atoms with Gasteiger partial charge < -0.3 is 5.32 Å². The van der Waals surface area contributed by atoms with Crippen molar-refractivity contribution in [1.29, 1.82) is 0 Å². The molecule has 2 nitrogen and oxygen atoms in total. The van der Waals surface area contributed by atoms with Crippen LogP contribution in [0, 0.1) is 5.92 Å². The smallest absolute Gasteiger partial charge is 0.223 e. The van der Waals surface area contributed by atoms with Gasteiger partial charge in [0.2, 0.25) is 5.91 Å². The summed E-state index contributed by atoms with van der Waals surface area (Å²) in [5.74, 6) is 0.373. The SMILES string of the molecule is CCCC(CCC)C(=O)NC(C)(CBr)CBr. The van der Waals surface area contributed by atoms with E-state index in [0.29, 0.717) is 0 Å². The topological polar surface area (TPSA) is 29.1 Å². The van der Waals surface area contributed by atoms with Crippen molar-refractivity contribution >= 4 is 37.8 Å². The first-order valence-corrected chi connectivity index (χ1v) is 8.21. The molecule has 0 bridgehead atoms. The van der Waals surface area contributed by atoms with Crippen molar-refractivity contribution in [3.63, 3.8) is 0 Å². The highest BCUT2D eigenvalue weighted by atomic mass is 79.9. The maximum atomic E-state index is 12.1. The maximum Gasteiger partial charge on any atom is 0.223 e. The zero-order valence-corrected chi connectivity index (χ0v) is 13.7. The molecule has 0 aliphatic rings. The van der Waals surface area contributed by atoms with Crippen LogP contribution in [0.25, 0.3) is 0 Å². The first kappa shape index (κ1) is 16.4. The number of halogens is 2. The number of carbonyl (C=O) groups excluding carboxylic acids is 1. The van der Waals surface area contributed by atoms with Gasteiger partial charge in [0.05, 0.1) is 5.54 Å². The molecule has 96 valence electrons. The second kappa shape index (κ2) is 8.51. The van der Waals surface area contributed by atoms with Crippen LogP contribution in [0.5, 0.6) is 0 Å². The first-order valence-electron chi connectivity index (χ1n) is 5.97. The summed E-state index contributed by atoms with van der Waals surface area (Å²) in [5.41, 5.74) is -0.184. The van der Waals surface area contributed by atoms with Crippen LogP contribution in [0.2, 0.25) is 0 Å². The molecule has 1 N–H and O–H groups in total. The van der Waals surface area contributed by atoms with Crippen LogP contribution >= 0.6 is 31.9 Å². The fourth-order valence-electron chi connectivity index (χ4n) is 1.61. The van der Waals surface area contributed by atoms with E-state index in [1.54, 1.807) is 0 Å². The third kappa shape index (κ3) is 5.67. The zero-order chi connectivity index (χ0) is 12.6. The average molecular weight is 357 g/mol. The van der Waals surface area contributed by atoms with E-state index in [2.05, 4.69) is 51.0 Å². The largest absolute Gasteiger partial charge is 0.349 e. The number of hydrogen-bond acceptors (Lipinski definition) is 1. The standard InChI is InChI=1S/C12H23Br2NO/c1-4-6-10(7-5-2)11(16)15-12(3,8-13)9-14/h10H,4-9H2,1-3H3,(H,15,16). The van der Waals surface area contributed by atoms with E-state index >= 15 is 0 Å². The second-order valence-electron chi connectivity index (χ2n) is 4.59. The molecule has 0 unspecified atom stereocenters. The Balaban J connectivity index is 4.38. The third-order valence-electron chi connectivity index (χ3n) is 2.66. The van der Waals surface area contributed by atoms with E-state index in [1.165, 1.54) is 0 Å². The summed E-state index contributed by atoms with van der Waals surface area (Å²) >= 11 is 6.89. The average Bonchev–Trinajstić information content (AvgIpc) is 2.28. The molecular formula is C12H23Br2NO. The molecule has 1 amide bonds. The van der Waals surface area contributed by atoms with Crippen molar-refractivity contribution < 1.29 is 4.79 Å². The number of amides is 1. The molecular weight excluding hydrogens is 334 g/mol. The molecule has 0 atom stereocenters. The minimum absolute atomic E-state index is 0.174. The molecule has 0 radical (unpaired) electrons. The van der Waals surface area contributed by atoms with E-state index in [0.717, 1.165) is 36.3 Å². The molecule has 0 aliphatic carbocycles.